The summed E-state index contributed by atoms with van der Waals surface area (Å²) in [5.74, 6) is 0.386. The molecule has 3 aromatic heterocycles. The predicted octanol–water partition coefficient (Wildman–Crippen LogP) is 13.8. The highest BCUT2D eigenvalue weighted by atomic mass is 16.3. The number of benzene rings is 9. The third kappa shape index (κ3) is 4.64. The first kappa shape index (κ1) is 26.2. The van der Waals surface area contributed by atoms with Crippen molar-refractivity contribution in [2.24, 2.45) is 0 Å². The number of furan rings is 2. The molecule has 0 radical (unpaired) electrons. The quantitative estimate of drug-likeness (QED) is 0.169. The summed E-state index contributed by atoms with van der Waals surface area (Å²) in [6.45, 7) is 0. The SMILES string of the molecule is [2H]c1c([2H])c([2H])c(-c2nc(-c3ccc4c(c3)oc3ccccc34)nc(-c3cccc4c3oc3cccc(-c5ccc6c7ccccc7c7ccccc7c6c5)c34)n2)c([2H])c1[2H]. The first-order valence-electron chi connectivity index (χ1n) is 20.9. The number of hydrogen-bond donors (Lipinski definition) is 0. The molecule has 0 aliphatic carbocycles. The number of rotatable bonds is 4. The van der Waals surface area contributed by atoms with Crippen LogP contribution >= 0.6 is 0 Å². The van der Waals surface area contributed by atoms with E-state index in [0.29, 0.717) is 27.9 Å². The molecule has 12 rings (SSSR count). The van der Waals surface area contributed by atoms with E-state index in [1.165, 1.54) is 26.9 Å². The Kier molecular flexibility index (Phi) is 5.58. The molecule has 0 amide bonds. The van der Waals surface area contributed by atoms with Crippen molar-refractivity contribution in [1.29, 1.82) is 0 Å². The van der Waals surface area contributed by atoms with Crippen molar-refractivity contribution in [2.75, 3.05) is 0 Å². The minimum Gasteiger partial charge on any atom is -0.456 e. The molecule has 12 aromatic rings. The summed E-state index contributed by atoms with van der Waals surface area (Å²) in [7, 11) is 0. The van der Waals surface area contributed by atoms with Gasteiger partial charge in [-0.05, 0) is 79.8 Å². The molecule has 9 aromatic carbocycles. The first-order chi connectivity index (χ1) is 29.8. The highest BCUT2D eigenvalue weighted by Crippen LogP contribution is 2.43. The summed E-state index contributed by atoms with van der Waals surface area (Å²) in [5, 5.41) is 10.8. The Hall–Kier alpha value is -7.63. The second-order valence-corrected chi connectivity index (χ2v) is 13.9. The van der Waals surface area contributed by atoms with E-state index in [2.05, 4.69) is 72.8 Å². The van der Waals surface area contributed by atoms with Crippen LogP contribution in [0.2, 0.25) is 0 Å². The molecule has 56 heavy (non-hydrogen) atoms. The van der Waals surface area contributed by atoms with E-state index >= 15 is 0 Å². The second-order valence-electron chi connectivity index (χ2n) is 13.9. The van der Waals surface area contributed by atoms with Crippen LogP contribution in [-0.2, 0) is 0 Å². The van der Waals surface area contributed by atoms with Gasteiger partial charge in [-0.3, -0.25) is 0 Å². The van der Waals surface area contributed by atoms with Gasteiger partial charge in [-0.1, -0.05) is 139 Å². The van der Waals surface area contributed by atoms with E-state index in [9.17, 15) is 0 Å². The highest BCUT2D eigenvalue weighted by molar-refractivity contribution is 6.26. The van der Waals surface area contributed by atoms with Gasteiger partial charge in [0.25, 0.3) is 0 Å². The van der Waals surface area contributed by atoms with Crippen LogP contribution in [0, 0.1) is 0 Å². The van der Waals surface area contributed by atoms with Crippen LogP contribution in [0.3, 0.4) is 0 Å². The summed E-state index contributed by atoms with van der Waals surface area (Å²) in [6, 6.07) is 46.8. The lowest BCUT2D eigenvalue weighted by atomic mass is 9.91. The van der Waals surface area contributed by atoms with Crippen molar-refractivity contribution in [3.05, 3.63) is 176 Å². The van der Waals surface area contributed by atoms with Gasteiger partial charge in [0.2, 0.25) is 0 Å². The van der Waals surface area contributed by atoms with Crippen LogP contribution in [-0.4, -0.2) is 15.0 Å². The van der Waals surface area contributed by atoms with Crippen molar-refractivity contribution in [3.63, 3.8) is 0 Å². The predicted molar refractivity (Wildman–Crippen MR) is 229 cm³/mol. The van der Waals surface area contributed by atoms with Gasteiger partial charge < -0.3 is 8.83 Å². The Morgan fingerprint density at radius 3 is 1.70 bits per heavy atom. The number of nitrogens with zero attached hydrogens (tertiary/aromatic N) is 3. The van der Waals surface area contributed by atoms with Crippen molar-refractivity contribution in [1.82, 2.24) is 15.0 Å². The molecule has 5 nitrogen and oxygen atoms in total. The maximum Gasteiger partial charge on any atom is 0.167 e. The molecule has 5 heteroatoms. The van der Waals surface area contributed by atoms with Crippen molar-refractivity contribution in [2.45, 2.75) is 0 Å². The summed E-state index contributed by atoms with van der Waals surface area (Å²) >= 11 is 0. The molecule has 0 aliphatic rings. The van der Waals surface area contributed by atoms with Gasteiger partial charge in [0.05, 0.1) is 12.4 Å². The first-order valence-corrected chi connectivity index (χ1v) is 18.4. The van der Waals surface area contributed by atoms with E-state index in [4.69, 9.17) is 30.6 Å². The zero-order valence-corrected chi connectivity index (χ0v) is 29.5. The smallest absolute Gasteiger partial charge is 0.167 e. The van der Waals surface area contributed by atoms with E-state index in [1.54, 1.807) is 0 Å². The highest BCUT2D eigenvalue weighted by Gasteiger charge is 2.21. The van der Waals surface area contributed by atoms with E-state index in [1.807, 2.05) is 72.8 Å². The summed E-state index contributed by atoms with van der Waals surface area (Å²) in [4.78, 5) is 14.6. The molecule has 0 bridgehead atoms. The van der Waals surface area contributed by atoms with E-state index < -0.39 is 30.2 Å². The molecule has 0 spiro atoms. The maximum absolute atomic E-state index is 8.83. The fraction of sp³-hybridized carbons (Fsp3) is 0. The molecule has 0 atom stereocenters. The Bertz CT molecular complexity index is 3790. The average Bonchev–Trinajstić information content (AvgIpc) is 3.88. The molecule has 0 N–H and O–H groups in total. The summed E-state index contributed by atoms with van der Waals surface area (Å²) < 4.78 is 55.7. The lowest BCUT2D eigenvalue weighted by molar-refractivity contribution is 0.668. The van der Waals surface area contributed by atoms with Crippen LogP contribution in [0.1, 0.15) is 6.85 Å². The van der Waals surface area contributed by atoms with Crippen LogP contribution in [0.25, 0.3) is 121 Å². The lowest BCUT2D eigenvalue weighted by Crippen LogP contribution is -2.00. The molecular formula is C51H29N3O2. The van der Waals surface area contributed by atoms with Gasteiger partial charge in [-0.25, -0.2) is 15.0 Å². The Balaban J connectivity index is 1.08. The normalized spacial score (nSPS) is 13.2. The Morgan fingerprint density at radius 1 is 0.357 bits per heavy atom. The van der Waals surface area contributed by atoms with Gasteiger partial charge >= 0.3 is 0 Å². The third-order valence-electron chi connectivity index (χ3n) is 10.8. The average molecular weight is 721 g/mol. The molecule has 0 saturated carbocycles. The standard InChI is InChI=1S/C51H29N3O2/c1-2-12-30(13-3-1)49-52-50(32-25-27-40-39-18-8-9-22-44(39)55-46(40)29-32)54-51(53-49)42-21-10-20-41-47-33(19-11-23-45(47)56-48(41)42)31-24-26-38-36-16-5-4-14-34(36)35-15-6-7-17-37(35)43(38)28-31/h1-29H/i1D,2D,3D,12D,13D. The fourth-order valence-corrected chi connectivity index (χ4v) is 8.30. The Morgan fingerprint density at radius 2 is 0.911 bits per heavy atom. The number of hydrogen-bond acceptors (Lipinski definition) is 5. The van der Waals surface area contributed by atoms with Crippen molar-refractivity contribution >= 4 is 76.2 Å². The minimum atomic E-state index is -0.501. The van der Waals surface area contributed by atoms with Gasteiger partial charge in [0.1, 0.15) is 22.3 Å². The van der Waals surface area contributed by atoms with Gasteiger partial charge in [-0.2, -0.15) is 0 Å². The molecule has 0 aliphatic heterocycles. The minimum absolute atomic E-state index is 0.0635. The van der Waals surface area contributed by atoms with Crippen LogP contribution in [0.15, 0.2) is 185 Å². The van der Waals surface area contributed by atoms with Gasteiger partial charge in [0, 0.05) is 32.7 Å². The molecule has 3 heterocycles. The van der Waals surface area contributed by atoms with Gasteiger partial charge in [-0.15, -0.1) is 0 Å². The second kappa shape index (κ2) is 11.9. The molecular weight excluding hydrogens is 687 g/mol. The number of para-hydroxylation sites is 2. The van der Waals surface area contributed by atoms with Gasteiger partial charge in [0.15, 0.2) is 17.5 Å². The zero-order chi connectivity index (χ0) is 41.1. The Labute approximate surface area is 327 Å². The summed E-state index contributed by atoms with van der Waals surface area (Å²) in [6.07, 6.45) is 0. The van der Waals surface area contributed by atoms with Crippen LogP contribution in [0.4, 0.5) is 0 Å². The molecule has 0 unspecified atom stereocenters. The van der Waals surface area contributed by atoms with Crippen molar-refractivity contribution in [3.8, 4) is 45.3 Å². The van der Waals surface area contributed by atoms with E-state index in [0.717, 1.165) is 43.6 Å². The molecule has 0 saturated heterocycles. The fourth-order valence-electron chi connectivity index (χ4n) is 8.30. The van der Waals surface area contributed by atoms with E-state index in [-0.39, 0.29) is 23.0 Å². The maximum atomic E-state index is 8.83. The van der Waals surface area contributed by atoms with Crippen LogP contribution in [0.5, 0.6) is 0 Å². The molecule has 0 fully saturated rings. The topological polar surface area (TPSA) is 65.0 Å². The number of fused-ring (bicyclic) bond motifs is 12. The lowest BCUT2D eigenvalue weighted by Gasteiger charge is -2.12. The largest absolute Gasteiger partial charge is 0.456 e. The summed E-state index contributed by atoms with van der Waals surface area (Å²) in [5.41, 5.74) is 5.66. The van der Waals surface area contributed by atoms with Crippen molar-refractivity contribution < 1.29 is 15.7 Å². The number of aromatic nitrogens is 3. The zero-order valence-electron chi connectivity index (χ0n) is 34.5. The van der Waals surface area contributed by atoms with Crippen LogP contribution < -0.4 is 0 Å². The molecule has 260 valence electrons. The third-order valence-corrected chi connectivity index (χ3v) is 10.8. The monoisotopic (exact) mass is 720 g/mol.